The number of imidazole rings is 1. The number of rotatable bonds is 2. The van der Waals surface area contributed by atoms with Crippen LogP contribution in [0, 0.1) is 5.82 Å². The first kappa shape index (κ1) is 12.3. The second kappa shape index (κ2) is 4.29. The van der Waals surface area contributed by atoms with E-state index in [0.717, 1.165) is 16.9 Å². The van der Waals surface area contributed by atoms with Crippen LogP contribution in [-0.2, 0) is 0 Å². The van der Waals surface area contributed by atoms with E-state index in [1.54, 1.807) is 6.07 Å². The molecule has 2 fully saturated rings. The molecule has 3 atom stereocenters. The van der Waals surface area contributed by atoms with Crippen LogP contribution in [0.25, 0.3) is 11.0 Å². The van der Waals surface area contributed by atoms with Crippen LogP contribution < -0.4 is 5.32 Å². The highest BCUT2D eigenvalue weighted by Gasteiger charge is 2.42. The standard InChI is InChI=1S/C16H20FN3/c1-9(2)20-15-6-3-10(17)7-14(15)19-16(20)12-8-11-4-5-13(12)18-11/h3,6-7,9,11-13,18H,4-5,8H2,1-2H3. The van der Waals surface area contributed by atoms with Crippen molar-refractivity contribution in [2.45, 2.75) is 57.2 Å². The summed E-state index contributed by atoms with van der Waals surface area (Å²) < 4.78 is 15.7. The SMILES string of the molecule is CC(C)n1c(C2CC3CCC2N3)nc2cc(F)ccc21. The number of aromatic nitrogens is 2. The molecule has 2 aliphatic rings. The molecule has 0 saturated carbocycles. The first-order chi connectivity index (χ1) is 9.63. The predicted octanol–water partition coefficient (Wildman–Crippen LogP) is 3.36. The lowest BCUT2D eigenvalue weighted by atomic mass is 9.88. The van der Waals surface area contributed by atoms with Crippen molar-refractivity contribution in [3.63, 3.8) is 0 Å². The molecule has 2 aliphatic heterocycles. The van der Waals surface area contributed by atoms with Crippen LogP contribution in [0.4, 0.5) is 4.39 Å². The number of nitrogens with one attached hydrogen (secondary N) is 1. The van der Waals surface area contributed by atoms with E-state index in [1.807, 2.05) is 6.07 Å². The van der Waals surface area contributed by atoms with Crippen molar-refractivity contribution >= 4 is 11.0 Å². The van der Waals surface area contributed by atoms with E-state index in [2.05, 4.69) is 23.7 Å². The van der Waals surface area contributed by atoms with Crippen molar-refractivity contribution in [1.82, 2.24) is 14.9 Å². The molecule has 3 unspecified atom stereocenters. The molecule has 20 heavy (non-hydrogen) atoms. The Morgan fingerprint density at radius 3 is 2.85 bits per heavy atom. The third-order valence-electron chi connectivity index (χ3n) is 4.83. The Hall–Kier alpha value is -1.42. The van der Waals surface area contributed by atoms with Gasteiger partial charge in [-0.3, -0.25) is 0 Å². The third-order valence-corrected chi connectivity index (χ3v) is 4.83. The first-order valence-corrected chi connectivity index (χ1v) is 7.57. The molecule has 0 radical (unpaired) electrons. The van der Waals surface area contributed by atoms with Crippen LogP contribution in [0.5, 0.6) is 0 Å². The van der Waals surface area contributed by atoms with E-state index in [-0.39, 0.29) is 5.82 Å². The molecule has 1 aromatic carbocycles. The summed E-state index contributed by atoms with van der Waals surface area (Å²) in [5.74, 6) is 1.41. The van der Waals surface area contributed by atoms with Crippen LogP contribution in [0.15, 0.2) is 18.2 Å². The van der Waals surface area contributed by atoms with Gasteiger partial charge < -0.3 is 9.88 Å². The molecule has 1 N–H and O–H groups in total. The molecular formula is C16H20FN3. The lowest BCUT2D eigenvalue weighted by Crippen LogP contribution is -2.24. The summed E-state index contributed by atoms with van der Waals surface area (Å²) in [5.41, 5.74) is 1.84. The molecule has 4 heteroatoms. The minimum absolute atomic E-state index is 0.205. The van der Waals surface area contributed by atoms with Gasteiger partial charge in [-0.15, -0.1) is 0 Å². The van der Waals surface area contributed by atoms with Gasteiger partial charge >= 0.3 is 0 Å². The highest BCUT2D eigenvalue weighted by molar-refractivity contribution is 5.76. The Morgan fingerprint density at radius 2 is 2.20 bits per heavy atom. The lowest BCUT2D eigenvalue weighted by molar-refractivity contribution is 0.455. The second-order valence-electron chi connectivity index (χ2n) is 6.46. The van der Waals surface area contributed by atoms with Gasteiger partial charge in [0, 0.05) is 30.1 Å². The zero-order valence-electron chi connectivity index (χ0n) is 11.9. The summed E-state index contributed by atoms with van der Waals surface area (Å²) in [6, 6.07) is 6.51. The number of halogens is 1. The van der Waals surface area contributed by atoms with Crippen molar-refractivity contribution in [1.29, 1.82) is 0 Å². The minimum Gasteiger partial charge on any atom is -0.325 e. The topological polar surface area (TPSA) is 29.9 Å². The quantitative estimate of drug-likeness (QED) is 0.909. The molecule has 106 valence electrons. The van der Waals surface area contributed by atoms with Gasteiger partial charge in [0.1, 0.15) is 11.6 Å². The van der Waals surface area contributed by atoms with Gasteiger partial charge in [0.25, 0.3) is 0 Å². The first-order valence-electron chi connectivity index (χ1n) is 7.57. The normalized spacial score (nSPS) is 28.9. The fraction of sp³-hybridized carbons (Fsp3) is 0.562. The van der Waals surface area contributed by atoms with Gasteiger partial charge in [-0.25, -0.2) is 9.37 Å². The maximum Gasteiger partial charge on any atom is 0.125 e. The Morgan fingerprint density at radius 1 is 1.35 bits per heavy atom. The highest BCUT2D eigenvalue weighted by atomic mass is 19.1. The Labute approximate surface area is 118 Å². The van der Waals surface area contributed by atoms with Crippen LogP contribution >= 0.6 is 0 Å². The average Bonchev–Trinajstić information content (AvgIpc) is 3.09. The molecule has 0 amide bonds. The van der Waals surface area contributed by atoms with Gasteiger partial charge in [-0.05, 0) is 45.2 Å². The molecule has 4 rings (SSSR count). The monoisotopic (exact) mass is 273 g/mol. The largest absolute Gasteiger partial charge is 0.325 e. The van der Waals surface area contributed by atoms with Crippen LogP contribution in [0.3, 0.4) is 0 Å². The number of hydrogen-bond donors (Lipinski definition) is 1. The Balaban J connectivity index is 1.87. The van der Waals surface area contributed by atoms with Gasteiger partial charge in [0.05, 0.1) is 11.0 Å². The second-order valence-corrected chi connectivity index (χ2v) is 6.46. The van der Waals surface area contributed by atoms with E-state index in [9.17, 15) is 4.39 Å². The van der Waals surface area contributed by atoms with E-state index in [1.165, 1.54) is 25.3 Å². The maximum atomic E-state index is 13.4. The summed E-state index contributed by atoms with van der Waals surface area (Å²) in [4.78, 5) is 4.78. The molecule has 3 nitrogen and oxygen atoms in total. The van der Waals surface area contributed by atoms with Crippen molar-refractivity contribution in [2.24, 2.45) is 0 Å². The summed E-state index contributed by atoms with van der Waals surface area (Å²) in [6.07, 6.45) is 3.70. The zero-order chi connectivity index (χ0) is 13.9. The van der Waals surface area contributed by atoms with Crippen molar-refractivity contribution < 1.29 is 4.39 Å². The van der Waals surface area contributed by atoms with E-state index < -0.39 is 0 Å². The third kappa shape index (κ3) is 1.71. The maximum absolute atomic E-state index is 13.4. The summed E-state index contributed by atoms with van der Waals surface area (Å²) >= 11 is 0. The summed E-state index contributed by atoms with van der Waals surface area (Å²) in [5, 5.41) is 3.67. The van der Waals surface area contributed by atoms with Gasteiger partial charge in [0.15, 0.2) is 0 Å². The van der Waals surface area contributed by atoms with Crippen LogP contribution in [0.1, 0.15) is 50.9 Å². The minimum atomic E-state index is -0.205. The molecular weight excluding hydrogens is 253 g/mol. The van der Waals surface area contributed by atoms with Crippen molar-refractivity contribution in [2.75, 3.05) is 0 Å². The van der Waals surface area contributed by atoms with Crippen LogP contribution in [0.2, 0.25) is 0 Å². The highest BCUT2D eigenvalue weighted by Crippen LogP contribution is 2.41. The molecule has 0 spiro atoms. The predicted molar refractivity (Wildman–Crippen MR) is 77.4 cm³/mol. The van der Waals surface area contributed by atoms with Crippen LogP contribution in [-0.4, -0.2) is 21.6 Å². The van der Waals surface area contributed by atoms with Crippen molar-refractivity contribution in [3.05, 3.63) is 29.8 Å². The fourth-order valence-corrected chi connectivity index (χ4v) is 4.00. The smallest absolute Gasteiger partial charge is 0.125 e. The Kier molecular flexibility index (Phi) is 2.64. The van der Waals surface area contributed by atoms with Gasteiger partial charge in [-0.1, -0.05) is 0 Å². The van der Waals surface area contributed by atoms with E-state index >= 15 is 0 Å². The molecule has 2 bridgehead atoms. The zero-order valence-corrected chi connectivity index (χ0v) is 11.9. The summed E-state index contributed by atoms with van der Waals surface area (Å²) in [7, 11) is 0. The molecule has 3 heterocycles. The number of hydrogen-bond acceptors (Lipinski definition) is 2. The number of nitrogens with zero attached hydrogens (tertiary/aromatic N) is 2. The fourth-order valence-electron chi connectivity index (χ4n) is 4.00. The average molecular weight is 273 g/mol. The molecule has 2 saturated heterocycles. The number of benzene rings is 1. The summed E-state index contributed by atoms with van der Waals surface area (Å²) in [6.45, 7) is 4.35. The molecule has 1 aromatic heterocycles. The van der Waals surface area contributed by atoms with E-state index in [0.29, 0.717) is 24.0 Å². The lowest BCUT2D eigenvalue weighted by Gasteiger charge is -2.22. The van der Waals surface area contributed by atoms with Gasteiger partial charge in [0.2, 0.25) is 0 Å². The number of fused-ring (bicyclic) bond motifs is 3. The molecule has 2 aromatic rings. The molecule has 0 aliphatic carbocycles. The van der Waals surface area contributed by atoms with E-state index in [4.69, 9.17) is 4.98 Å². The van der Waals surface area contributed by atoms with Crippen molar-refractivity contribution in [3.8, 4) is 0 Å². The van der Waals surface area contributed by atoms with Gasteiger partial charge in [-0.2, -0.15) is 0 Å². The Bertz CT molecular complexity index is 661.